The summed E-state index contributed by atoms with van der Waals surface area (Å²) in [6.45, 7) is 1.82. The van der Waals surface area contributed by atoms with E-state index in [1.165, 1.54) is 14.2 Å². The zero-order valence-corrected chi connectivity index (χ0v) is 9.29. The van der Waals surface area contributed by atoms with E-state index in [4.69, 9.17) is 14.2 Å². The van der Waals surface area contributed by atoms with E-state index in [0.717, 1.165) is 5.56 Å². The highest BCUT2D eigenvalue weighted by molar-refractivity contribution is 5.85. The molecule has 0 aliphatic heterocycles. The first-order chi connectivity index (χ1) is 7.19. The van der Waals surface area contributed by atoms with E-state index in [1.54, 1.807) is 13.2 Å². The van der Waals surface area contributed by atoms with Crippen molar-refractivity contribution >= 4 is 6.29 Å². The summed E-state index contributed by atoms with van der Waals surface area (Å²) >= 11 is 0. The van der Waals surface area contributed by atoms with Gasteiger partial charge in [0.05, 0.1) is 26.9 Å². The largest absolute Gasteiger partial charge is 0.496 e. The molecule has 0 aliphatic carbocycles. The van der Waals surface area contributed by atoms with Crippen molar-refractivity contribution in [2.45, 2.75) is 6.92 Å². The monoisotopic (exact) mass is 210 g/mol. The highest BCUT2D eigenvalue weighted by Gasteiger charge is 2.16. The standard InChI is InChI=1S/C11H14O4/c1-7-9(13-2)5-10(14-3)8(6-12)11(7)15-4/h5-6H,1-4H3. The molecule has 0 saturated carbocycles. The number of carbonyl (C=O) groups is 1. The normalized spacial score (nSPS) is 9.60. The van der Waals surface area contributed by atoms with Crippen LogP contribution in [0.5, 0.6) is 17.2 Å². The van der Waals surface area contributed by atoms with E-state index >= 15 is 0 Å². The number of hydrogen-bond donors (Lipinski definition) is 0. The van der Waals surface area contributed by atoms with Gasteiger partial charge in [0.25, 0.3) is 0 Å². The van der Waals surface area contributed by atoms with Crippen molar-refractivity contribution in [3.05, 3.63) is 17.2 Å². The van der Waals surface area contributed by atoms with Crippen molar-refractivity contribution in [2.75, 3.05) is 21.3 Å². The van der Waals surface area contributed by atoms with Crippen LogP contribution in [0.3, 0.4) is 0 Å². The fraction of sp³-hybridized carbons (Fsp3) is 0.364. The molecule has 4 nitrogen and oxygen atoms in total. The Kier molecular flexibility index (Phi) is 3.55. The van der Waals surface area contributed by atoms with Gasteiger partial charge < -0.3 is 14.2 Å². The van der Waals surface area contributed by atoms with Gasteiger partial charge in [-0.3, -0.25) is 4.79 Å². The lowest BCUT2D eigenvalue weighted by molar-refractivity contribution is 0.111. The molecular formula is C11H14O4. The summed E-state index contributed by atoms with van der Waals surface area (Å²) in [6.07, 6.45) is 0.712. The van der Waals surface area contributed by atoms with Gasteiger partial charge in [0.2, 0.25) is 0 Å². The number of ether oxygens (including phenoxy) is 3. The SMILES string of the molecule is COc1cc(OC)c(C=O)c(OC)c1C. The van der Waals surface area contributed by atoms with Gasteiger partial charge in [0, 0.05) is 11.6 Å². The Bertz CT molecular complexity index is 371. The molecule has 0 amide bonds. The Balaban J connectivity index is 3.49. The Morgan fingerprint density at radius 3 is 2.07 bits per heavy atom. The number of rotatable bonds is 4. The van der Waals surface area contributed by atoms with Gasteiger partial charge in [-0.05, 0) is 6.92 Å². The number of methoxy groups -OCH3 is 3. The minimum absolute atomic E-state index is 0.401. The van der Waals surface area contributed by atoms with Gasteiger partial charge in [0.1, 0.15) is 17.2 Å². The molecule has 15 heavy (non-hydrogen) atoms. The van der Waals surface area contributed by atoms with Crippen molar-refractivity contribution in [2.24, 2.45) is 0 Å². The van der Waals surface area contributed by atoms with Crippen LogP contribution in [0.2, 0.25) is 0 Å². The lowest BCUT2D eigenvalue weighted by atomic mass is 10.1. The van der Waals surface area contributed by atoms with Gasteiger partial charge in [-0.15, -0.1) is 0 Å². The topological polar surface area (TPSA) is 44.8 Å². The van der Waals surface area contributed by atoms with E-state index < -0.39 is 0 Å². The van der Waals surface area contributed by atoms with E-state index in [9.17, 15) is 4.79 Å². The van der Waals surface area contributed by atoms with Crippen LogP contribution in [-0.2, 0) is 0 Å². The lowest BCUT2D eigenvalue weighted by Crippen LogP contribution is -2.00. The molecule has 0 saturated heterocycles. The summed E-state index contributed by atoms with van der Waals surface area (Å²) in [5, 5.41) is 0. The van der Waals surface area contributed by atoms with Crippen LogP contribution in [0.1, 0.15) is 15.9 Å². The Morgan fingerprint density at radius 2 is 1.67 bits per heavy atom. The van der Waals surface area contributed by atoms with E-state index in [0.29, 0.717) is 29.1 Å². The number of aldehydes is 1. The molecule has 0 heterocycles. The second-order valence-electron chi connectivity index (χ2n) is 2.97. The molecule has 0 radical (unpaired) electrons. The van der Waals surface area contributed by atoms with Crippen molar-refractivity contribution < 1.29 is 19.0 Å². The predicted octanol–water partition coefficient (Wildman–Crippen LogP) is 1.83. The second kappa shape index (κ2) is 4.68. The summed E-state index contributed by atoms with van der Waals surface area (Å²) in [6, 6.07) is 1.67. The van der Waals surface area contributed by atoms with E-state index in [2.05, 4.69) is 0 Å². The van der Waals surface area contributed by atoms with E-state index in [1.807, 2.05) is 6.92 Å². The Morgan fingerprint density at radius 1 is 1.07 bits per heavy atom. The average molecular weight is 210 g/mol. The third-order valence-corrected chi connectivity index (χ3v) is 2.24. The molecule has 1 aromatic carbocycles. The van der Waals surface area contributed by atoms with Crippen molar-refractivity contribution in [1.29, 1.82) is 0 Å². The number of benzene rings is 1. The third-order valence-electron chi connectivity index (χ3n) is 2.24. The minimum Gasteiger partial charge on any atom is -0.496 e. The van der Waals surface area contributed by atoms with Crippen LogP contribution in [0.25, 0.3) is 0 Å². The van der Waals surface area contributed by atoms with Crippen molar-refractivity contribution in [3.63, 3.8) is 0 Å². The highest BCUT2D eigenvalue weighted by atomic mass is 16.5. The summed E-state index contributed by atoms with van der Waals surface area (Å²) in [4.78, 5) is 10.9. The maximum absolute atomic E-state index is 10.9. The minimum atomic E-state index is 0.401. The van der Waals surface area contributed by atoms with Crippen LogP contribution in [0.4, 0.5) is 0 Å². The first-order valence-corrected chi connectivity index (χ1v) is 4.44. The molecule has 1 rings (SSSR count). The number of hydrogen-bond acceptors (Lipinski definition) is 4. The molecule has 0 aromatic heterocycles. The van der Waals surface area contributed by atoms with Crippen molar-refractivity contribution in [3.8, 4) is 17.2 Å². The summed E-state index contributed by atoms with van der Waals surface area (Å²) in [5.74, 6) is 1.57. The lowest BCUT2D eigenvalue weighted by Gasteiger charge is -2.14. The zero-order chi connectivity index (χ0) is 11.4. The average Bonchev–Trinajstić information content (AvgIpc) is 2.28. The molecule has 0 fully saturated rings. The highest BCUT2D eigenvalue weighted by Crippen LogP contribution is 2.37. The Labute approximate surface area is 88.8 Å². The fourth-order valence-corrected chi connectivity index (χ4v) is 1.49. The molecule has 4 heteroatoms. The molecular weight excluding hydrogens is 196 g/mol. The maximum atomic E-state index is 10.9. The van der Waals surface area contributed by atoms with Crippen LogP contribution >= 0.6 is 0 Å². The Hall–Kier alpha value is -1.71. The molecule has 0 unspecified atom stereocenters. The van der Waals surface area contributed by atoms with Crippen LogP contribution in [0, 0.1) is 6.92 Å². The van der Waals surface area contributed by atoms with Crippen molar-refractivity contribution in [1.82, 2.24) is 0 Å². The summed E-state index contributed by atoms with van der Waals surface area (Å²) in [7, 11) is 4.56. The molecule has 0 aliphatic rings. The van der Waals surface area contributed by atoms with Gasteiger partial charge in [-0.25, -0.2) is 0 Å². The molecule has 1 aromatic rings. The summed E-state index contributed by atoms with van der Waals surface area (Å²) < 4.78 is 15.4. The molecule has 0 N–H and O–H groups in total. The first-order valence-electron chi connectivity index (χ1n) is 4.44. The van der Waals surface area contributed by atoms with Gasteiger partial charge in [-0.1, -0.05) is 0 Å². The van der Waals surface area contributed by atoms with Crippen LogP contribution in [-0.4, -0.2) is 27.6 Å². The third kappa shape index (κ3) is 1.88. The van der Waals surface area contributed by atoms with Gasteiger partial charge in [-0.2, -0.15) is 0 Å². The molecule has 0 spiro atoms. The smallest absolute Gasteiger partial charge is 0.157 e. The number of carbonyl (C=O) groups excluding carboxylic acids is 1. The second-order valence-corrected chi connectivity index (χ2v) is 2.97. The molecule has 0 bridgehead atoms. The van der Waals surface area contributed by atoms with Crippen LogP contribution < -0.4 is 14.2 Å². The summed E-state index contributed by atoms with van der Waals surface area (Å²) in [5.41, 5.74) is 1.18. The van der Waals surface area contributed by atoms with Gasteiger partial charge in [0.15, 0.2) is 6.29 Å². The maximum Gasteiger partial charge on any atom is 0.157 e. The molecule has 82 valence electrons. The first kappa shape index (κ1) is 11.4. The molecule has 0 atom stereocenters. The van der Waals surface area contributed by atoms with Gasteiger partial charge >= 0.3 is 0 Å². The predicted molar refractivity (Wildman–Crippen MR) is 56.2 cm³/mol. The quantitative estimate of drug-likeness (QED) is 0.711. The zero-order valence-electron chi connectivity index (χ0n) is 9.29. The fourth-order valence-electron chi connectivity index (χ4n) is 1.49. The van der Waals surface area contributed by atoms with Crippen LogP contribution in [0.15, 0.2) is 6.07 Å². The van der Waals surface area contributed by atoms with E-state index in [-0.39, 0.29) is 0 Å².